The first-order valence-corrected chi connectivity index (χ1v) is 16.1. The van der Waals surface area contributed by atoms with E-state index in [1.165, 1.54) is 14.0 Å². The smallest absolute Gasteiger partial charge is 0.409 e. The van der Waals surface area contributed by atoms with Gasteiger partial charge in [-0.15, -0.1) is 0 Å². The Labute approximate surface area is 280 Å². The summed E-state index contributed by atoms with van der Waals surface area (Å²) in [6.45, 7) is 11.4. The van der Waals surface area contributed by atoms with E-state index in [-0.39, 0.29) is 25.9 Å². The van der Waals surface area contributed by atoms with Gasteiger partial charge in [0.15, 0.2) is 12.6 Å². The van der Waals surface area contributed by atoms with Crippen molar-refractivity contribution >= 4 is 18.3 Å². The summed E-state index contributed by atoms with van der Waals surface area (Å²) in [4.78, 5) is 38.4. The van der Waals surface area contributed by atoms with E-state index < -0.39 is 102 Å². The number of likely N-dealkylation sites (N-methyl/N-ethyl adjacent to an activating group) is 1. The van der Waals surface area contributed by atoms with Crippen LogP contribution in [-0.4, -0.2) is 149 Å². The number of nitrogens with one attached hydrogen (secondary N) is 3. The first kappa shape index (κ1) is 39.9. The second-order valence-corrected chi connectivity index (χ2v) is 14.8. The Morgan fingerprint density at radius 2 is 1.44 bits per heavy atom. The maximum atomic E-state index is 12.9. The van der Waals surface area contributed by atoms with Crippen molar-refractivity contribution in [1.29, 1.82) is 0 Å². The minimum atomic E-state index is -1.59. The van der Waals surface area contributed by atoms with Crippen LogP contribution in [0, 0.1) is 0 Å². The second-order valence-electron chi connectivity index (χ2n) is 14.8. The van der Waals surface area contributed by atoms with Crippen LogP contribution in [0.4, 0.5) is 14.4 Å². The zero-order valence-electron chi connectivity index (χ0n) is 29.2. The first-order chi connectivity index (χ1) is 22.0. The van der Waals surface area contributed by atoms with Crippen molar-refractivity contribution in [2.75, 3.05) is 20.7 Å². The van der Waals surface area contributed by atoms with Gasteiger partial charge in [-0.25, -0.2) is 14.4 Å². The van der Waals surface area contributed by atoms with Crippen LogP contribution in [0.15, 0.2) is 0 Å². The van der Waals surface area contributed by atoms with Crippen LogP contribution >= 0.6 is 0 Å². The maximum Gasteiger partial charge on any atom is 0.409 e. The van der Waals surface area contributed by atoms with Crippen molar-refractivity contribution in [2.24, 2.45) is 5.73 Å². The third-order valence-corrected chi connectivity index (χ3v) is 8.22. The molecule has 1 aliphatic carbocycles. The lowest BCUT2D eigenvalue weighted by Gasteiger charge is -2.49. The van der Waals surface area contributed by atoms with Gasteiger partial charge in [0.2, 0.25) is 0 Å². The lowest BCUT2D eigenvalue weighted by atomic mass is 9.83. The molecule has 0 spiro atoms. The molecule has 2 aliphatic heterocycles. The largest absolute Gasteiger partial charge is 0.465 e. The number of carboxylic acid groups (broad SMARTS) is 1. The molecule has 12 atom stereocenters. The topological polar surface area (TPSA) is 253 Å². The molecular formula is C30H55N5O13. The van der Waals surface area contributed by atoms with Crippen molar-refractivity contribution in [2.45, 2.75) is 152 Å². The summed E-state index contributed by atoms with van der Waals surface area (Å²) in [5, 5.41) is 51.3. The number of nitrogens with two attached hydrogens (primary N) is 1. The highest BCUT2D eigenvalue weighted by atomic mass is 16.7. The third-order valence-electron chi connectivity index (χ3n) is 8.22. The van der Waals surface area contributed by atoms with Gasteiger partial charge in [-0.3, -0.25) is 4.90 Å². The van der Waals surface area contributed by atoms with E-state index in [1.807, 2.05) is 0 Å². The lowest BCUT2D eigenvalue weighted by molar-refractivity contribution is -0.310. The van der Waals surface area contributed by atoms with Crippen LogP contribution in [0.3, 0.4) is 0 Å². The van der Waals surface area contributed by atoms with Crippen LogP contribution in [0.25, 0.3) is 0 Å². The minimum absolute atomic E-state index is 0.0169. The summed E-state index contributed by atoms with van der Waals surface area (Å²) < 4.78 is 34.9. The molecule has 2 heterocycles. The SMILES string of the molecule is CN[C@@H]1[C@@H](O)[C@@H](O[C@@H]2[C@@H](O)[C@H](O[C@@H]3O[C@H](N(C)C(=O)O)CC[C@H]3NC(=O)OC(C)(C)C)[C@@H](NC(=O)OC(C)(C)C)C[C@H]2N)OC[C@]1(C)O. The summed E-state index contributed by atoms with van der Waals surface area (Å²) in [6.07, 6.45) is -11.6. The summed E-state index contributed by atoms with van der Waals surface area (Å²) in [7, 11) is 2.88. The van der Waals surface area contributed by atoms with Crippen molar-refractivity contribution in [1.82, 2.24) is 20.9 Å². The van der Waals surface area contributed by atoms with Gasteiger partial charge in [0.1, 0.15) is 47.4 Å². The van der Waals surface area contributed by atoms with Gasteiger partial charge < -0.3 is 70.5 Å². The molecule has 18 heteroatoms. The number of hydrogen-bond acceptors (Lipinski definition) is 14. The lowest BCUT2D eigenvalue weighted by Crippen LogP contribution is -2.69. The van der Waals surface area contributed by atoms with E-state index in [1.54, 1.807) is 48.6 Å². The highest BCUT2D eigenvalue weighted by Gasteiger charge is 2.52. The molecule has 2 saturated heterocycles. The summed E-state index contributed by atoms with van der Waals surface area (Å²) >= 11 is 0. The van der Waals surface area contributed by atoms with Crippen molar-refractivity contribution in [3.05, 3.63) is 0 Å². The summed E-state index contributed by atoms with van der Waals surface area (Å²) in [5.41, 5.74) is 3.37. The van der Waals surface area contributed by atoms with Crippen LogP contribution in [0.2, 0.25) is 0 Å². The van der Waals surface area contributed by atoms with Crippen LogP contribution in [-0.2, 0) is 28.4 Å². The highest BCUT2D eigenvalue weighted by Crippen LogP contribution is 2.33. The predicted octanol–water partition coefficient (Wildman–Crippen LogP) is -0.236. The number of nitrogens with zero attached hydrogens (tertiary/aromatic N) is 1. The van der Waals surface area contributed by atoms with E-state index in [4.69, 9.17) is 34.2 Å². The third kappa shape index (κ3) is 10.5. The molecule has 0 unspecified atom stereocenters. The summed E-state index contributed by atoms with van der Waals surface area (Å²) in [5.74, 6) is 0. The van der Waals surface area contributed by atoms with Gasteiger partial charge in [-0.2, -0.15) is 0 Å². The molecule has 1 saturated carbocycles. The monoisotopic (exact) mass is 693 g/mol. The predicted molar refractivity (Wildman–Crippen MR) is 168 cm³/mol. The van der Waals surface area contributed by atoms with E-state index in [0.29, 0.717) is 0 Å². The fourth-order valence-corrected chi connectivity index (χ4v) is 5.98. The molecular weight excluding hydrogens is 638 g/mol. The van der Waals surface area contributed by atoms with Crippen LogP contribution in [0.1, 0.15) is 67.7 Å². The standard InChI is InChI=1S/C30H55N5O13/c1-28(2,3)47-25(38)33-15-10-11-17(35(9)27(40)41)44-23(15)46-21-16(34-26(39)48-29(4,5)6)12-14(31)20(18(21)36)45-24-19(37)22(32-8)30(7,42)13-43-24/h14-24,32,36-37,42H,10-13,31H2,1-9H3,(H,33,38)(H,34,39)(H,40,41)/t14-,15-,16+,17+,18-,19-,20+,21-,22-,23+,24-,30+/m1/s1. The van der Waals surface area contributed by atoms with Crippen LogP contribution in [0.5, 0.6) is 0 Å². The van der Waals surface area contributed by atoms with E-state index in [9.17, 15) is 34.8 Å². The average molecular weight is 694 g/mol. The quantitative estimate of drug-likeness (QED) is 0.163. The molecule has 18 nitrogen and oxygen atoms in total. The summed E-state index contributed by atoms with van der Waals surface area (Å²) in [6, 6.07) is -3.64. The number of aliphatic hydroxyl groups is 3. The number of carbonyl (C=O) groups excluding carboxylic acids is 2. The number of aliphatic hydroxyl groups excluding tert-OH is 2. The van der Waals surface area contributed by atoms with Crippen molar-refractivity contribution in [3.63, 3.8) is 0 Å². The van der Waals surface area contributed by atoms with E-state index >= 15 is 0 Å². The van der Waals surface area contributed by atoms with Gasteiger partial charge in [-0.1, -0.05) is 0 Å². The number of alkyl carbamates (subject to hydrolysis) is 2. The molecule has 278 valence electrons. The van der Waals surface area contributed by atoms with Gasteiger partial charge in [0.05, 0.1) is 24.7 Å². The molecule has 0 aromatic rings. The number of carbonyl (C=O) groups is 3. The Kier molecular flexibility index (Phi) is 12.9. The minimum Gasteiger partial charge on any atom is -0.465 e. The molecule has 3 fully saturated rings. The second kappa shape index (κ2) is 15.6. The van der Waals surface area contributed by atoms with Crippen LogP contribution < -0.4 is 21.7 Å². The highest BCUT2D eigenvalue weighted by molar-refractivity contribution is 5.68. The van der Waals surface area contributed by atoms with Gasteiger partial charge in [0, 0.05) is 13.1 Å². The average Bonchev–Trinajstić information content (AvgIpc) is 2.92. The molecule has 48 heavy (non-hydrogen) atoms. The maximum absolute atomic E-state index is 12.9. The molecule has 3 rings (SSSR count). The van der Waals surface area contributed by atoms with Crippen molar-refractivity contribution in [3.8, 4) is 0 Å². The molecule has 0 bridgehead atoms. The van der Waals surface area contributed by atoms with Crippen molar-refractivity contribution < 1.29 is 63.2 Å². The fourth-order valence-electron chi connectivity index (χ4n) is 5.98. The Balaban J connectivity index is 1.93. The molecule has 9 N–H and O–H groups in total. The number of rotatable bonds is 8. The first-order valence-electron chi connectivity index (χ1n) is 16.1. The zero-order valence-corrected chi connectivity index (χ0v) is 29.2. The molecule has 0 radical (unpaired) electrons. The normalized spacial score (nSPS) is 37.6. The molecule has 0 aromatic heterocycles. The number of amides is 3. The number of ether oxygens (including phenoxy) is 6. The number of hydrogen-bond donors (Lipinski definition) is 8. The Hall–Kier alpha value is -2.55. The molecule has 3 amide bonds. The zero-order chi connectivity index (χ0) is 36.4. The molecule has 3 aliphatic rings. The Morgan fingerprint density at radius 1 is 0.896 bits per heavy atom. The van der Waals surface area contributed by atoms with Gasteiger partial charge in [-0.05, 0) is 74.8 Å². The Bertz CT molecular complexity index is 1120. The van der Waals surface area contributed by atoms with E-state index in [2.05, 4.69) is 16.0 Å². The molecule has 0 aromatic carbocycles. The Morgan fingerprint density at radius 3 is 1.96 bits per heavy atom. The fraction of sp³-hybridized carbons (Fsp3) is 0.900. The van der Waals surface area contributed by atoms with Gasteiger partial charge >= 0.3 is 18.3 Å². The van der Waals surface area contributed by atoms with Gasteiger partial charge in [0.25, 0.3) is 0 Å². The van der Waals surface area contributed by atoms with E-state index in [0.717, 1.165) is 4.90 Å².